The van der Waals surface area contributed by atoms with E-state index in [1.165, 1.54) is 12.8 Å². The number of nitrogens with zero attached hydrogens (tertiary/aromatic N) is 2. The fourth-order valence-corrected chi connectivity index (χ4v) is 5.55. The van der Waals surface area contributed by atoms with Gasteiger partial charge in [0, 0.05) is 37.6 Å². The second-order valence-corrected chi connectivity index (χ2v) is 10.2. The summed E-state index contributed by atoms with van der Waals surface area (Å²) in [6.45, 7) is 3.14. The van der Waals surface area contributed by atoms with Crippen molar-refractivity contribution in [3.63, 3.8) is 0 Å². The van der Waals surface area contributed by atoms with Gasteiger partial charge in [-0.1, -0.05) is 44.7 Å². The maximum absolute atomic E-state index is 13.7. The molecule has 1 saturated carbocycles. The molecule has 2 aromatic rings. The summed E-state index contributed by atoms with van der Waals surface area (Å²) >= 11 is 0. The van der Waals surface area contributed by atoms with Gasteiger partial charge in [-0.15, -0.1) is 0 Å². The van der Waals surface area contributed by atoms with Crippen molar-refractivity contribution >= 4 is 11.8 Å². The van der Waals surface area contributed by atoms with E-state index in [1.54, 1.807) is 24.1 Å². The summed E-state index contributed by atoms with van der Waals surface area (Å²) in [7, 11) is 1.62. The highest BCUT2D eigenvalue weighted by Gasteiger charge is 2.30. The smallest absolute Gasteiger partial charge is 0.259 e. The first-order chi connectivity index (χ1) is 17.5. The van der Waals surface area contributed by atoms with Crippen molar-refractivity contribution in [1.82, 2.24) is 14.8 Å². The lowest BCUT2D eigenvalue weighted by Crippen LogP contribution is -2.46. The van der Waals surface area contributed by atoms with Crippen LogP contribution in [0.3, 0.4) is 0 Å². The van der Waals surface area contributed by atoms with Crippen molar-refractivity contribution in [2.75, 3.05) is 13.7 Å². The topological polar surface area (TPSA) is 80.6 Å². The number of piperidine rings is 1. The number of amides is 2. The molecular formula is C29H39N3O4. The second-order valence-electron chi connectivity index (χ2n) is 10.2. The van der Waals surface area contributed by atoms with Crippen LogP contribution in [0, 0.1) is 0 Å². The van der Waals surface area contributed by atoms with Crippen molar-refractivity contribution in [2.45, 2.75) is 89.8 Å². The number of carbonyl (C=O) groups is 2. The van der Waals surface area contributed by atoms with Crippen LogP contribution in [0.5, 0.6) is 5.75 Å². The van der Waals surface area contributed by atoms with Crippen LogP contribution in [0.4, 0.5) is 0 Å². The molecule has 36 heavy (non-hydrogen) atoms. The van der Waals surface area contributed by atoms with Crippen molar-refractivity contribution in [3.05, 3.63) is 63.6 Å². The zero-order valence-electron chi connectivity index (χ0n) is 21.6. The Bertz CT molecular complexity index is 1120. The molecule has 4 rings (SSSR count). The Balaban J connectivity index is 1.69. The van der Waals surface area contributed by atoms with Crippen LogP contribution >= 0.6 is 0 Å². The molecule has 1 N–H and O–H groups in total. The first-order valence-corrected chi connectivity index (χ1v) is 13.5. The quantitative estimate of drug-likeness (QED) is 0.564. The van der Waals surface area contributed by atoms with Gasteiger partial charge in [0.2, 0.25) is 5.43 Å². The van der Waals surface area contributed by atoms with E-state index in [4.69, 9.17) is 4.74 Å². The van der Waals surface area contributed by atoms with Gasteiger partial charge in [-0.3, -0.25) is 14.4 Å². The number of carbonyl (C=O) groups excluding carboxylic acids is 2. The van der Waals surface area contributed by atoms with Gasteiger partial charge < -0.3 is 19.5 Å². The number of ether oxygens (including phenoxy) is 1. The van der Waals surface area contributed by atoms with Gasteiger partial charge in [0.25, 0.3) is 11.8 Å². The van der Waals surface area contributed by atoms with Gasteiger partial charge >= 0.3 is 0 Å². The molecule has 2 aliphatic rings. The minimum absolute atomic E-state index is 0.0399. The third-order valence-electron chi connectivity index (χ3n) is 7.60. The third kappa shape index (κ3) is 6.18. The Morgan fingerprint density at radius 2 is 1.72 bits per heavy atom. The molecule has 1 saturated heterocycles. The van der Waals surface area contributed by atoms with Gasteiger partial charge in [0.15, 0.2) is 0 Å². The predicted molar refractivity (Wildman–Crippen MR) is 141 cm³/mol. The largest absolute Gasteiger partial charge is 0.497 e. The molecule has 2 heterocycles. The fourth-order valence-electron chi connectivity index (χ4n) is 5.55. The summed E-state index contributed by atoms with van der Waals surface area (Å²) in [4.78, 5) is 42.4. The van der Waals surface area contributed by atoms with Crippen LogP contribution in [-0.4, -0.2) is 47.0 Å². The predicted octanol–water partition coefficient (Wildman–Crippen LogP) is 4.76. The highest BCUT2D eigenvalue weighted by Crippen LogP contribution is 2.22. The highest BCUT2D eigenvalue weighted by atomic mass is 16.5. The summed E-state index contributed by atoms with van der Waals surface area (Å²) in [6, 6.07) is 7.85. The molecule has 7 heteroatoms. The zero-order valence-corrected chi connectivity index (χ0v) is 21.6. The van der Waals surface area contributed by atoms with E-state index in [0.29, 0.717) is 13.1 Å². The van der Waals surface area contributed by atoms with Crippen LogP contribution in [0.1, 0.15) is 97.4 Å². The number of benzene rings is 1. The standard InChI is InChI=1S/C29H39N3O4/c1-3-23-14-8-9-16-32(23)29(35)26-20-31(18-21-11-10-15-24(17-21)36-2)19-25(27(26)33)28(34)30-22-12-6-4-5-7-13-22/h10-11,15,17,19-20,22-23H,3-9,12-14,16,18H2,1-2H3,(H,30,34)/t23-/m0/s1. The Morgan fingerprint density at radius 1 is 1.00 bits per heavy atom. The van der Waals surface area contributed by atoms with Crippen molar-refractivity contribution in [3.8, 4) is 5.75 Å². The van der Waals surface area contributed by atoms with Gasteiger partial charge in [-0.05, 0) is 56.2 Å². The maximum Gasteiger partial charge on any atom is 0.259 e. The average Bonchev–Trinajstić information content (AvgIpc) is 3.17. The Hall–Kier alpha value is -3.09. The highest BCUT2D eigenvalue weighted by molar-refractivity contribution is 5.99. The van der Waals surface area contributed by atoms with E-state index in [9.17, 15) is 14.4 Å². The molecule has 0 spiro atoms. The molecular weight excluding hydrogens is 454 g/mol. The lowest BCUT2D eigenvalue weighted by atomic mass is 9.98. The Morgan fingerprint density at radius 3 is 2.44 bits per heavy atom. The molecule has 1 aromatic carbocycles. The van der Waals surface area contributed by atoms with Crippen LogP contribution in [0.25, 0.3) is 0 Å². The van der Waals surface area contributed by atoms with Gasteiger partial charge in [0.05, 0.1) is 7.11 Å². The Kier molecular flexibility index (Phi) is 8.83. The minimum Gasteiger partial charge on any atom is -0.497 e. The second kappa shape index (κ2) is 12.2. The lowest BCUT2D eigenvalue weighted by Gasteiger charge is -2.35. The van der Waals surface area contributed by atoms with Crippen LogP contribution < -0.4 is 15.5 Å². The molecule has 1 aliphatic heterocycles. The normalized spacial score (nSPS) is 18.9. The van der Waals surface area contributed by atoms with Crippen LogP contribution in [0.15, 0.2) is 41.5 Å². The van der Waals surface area contributed by atoms with E-state index in [1.807, 2.05) is 29.2 Å². The van der Waals surface area contributed by atoms with Gasteiger partial charge in [0.1, 0.15) is 16.9 Å². The molecule has 0 bridgehead atoms. The number of nitrogens with one attached hydrogen (secondary N) is 1. The molecule has 194 valence electrons. The summed E-state index contributed by atoms with van der Waals surface area (Å²) in [5.41, 5.74) is 0.592. The summed E-state index contributed by atoms with van der Waals surface area (Å²) in [6.07, 6.45) is 13.4. The molecule has 1 atom stereocenters. The maximum atomic E-state index is 13.7. The SMILES string of the molecule is CC[C@H]1CCCCN1C(=O)c1cn(Cc2cccc(OC)c2)cc(C(=O)NC2CCCCCC2)c1=O. The summed E-state index contributed by atoms with van der Waals surface area (Å²) in [5.74, 6) is 0.0805. The molecule has 1 aromatic heterocycles. The average molecular weight is 494 g/mol. The number of likely N-dealkylation sites (tertiary alicyclic amines) is 1. The first kappa shape index (κ1) is 26.0. The van der Waals surface area contributed by atoms with E-state index in [-0.39, 0.29) is 35.0 Å². The first-order valence-electron chi connectivity index (χ1n) is 13.5. The number of hydrogen-bond donors (Lipinski definition) is 1. The lowest BCUT2D eigenvalue weighted by molar-refractivity contribution is 0.0605. The molecule has 1 aliphatic carbocycles. The number of pyridine rings is 1. The van der Waals surface area contributed by atoms with Crippen LogP contribution in [0.2, 0.25) is 0 Å². The monoisotopic (exact) mass is 493 g/mol. The molecule has 7 nitrogen and oxygen atoms in total. The zero-order chi connectivity index (χ0) is 25.5. The number of hydrogen-bond acceptors (Lipinski definition) is 4. The van der Waals surface area contributed by atoms with E-state index >= 15 is 0 Å². The molecule has 2 fully saturated rings. The number of rotatable bonds is 7. The van der Waals surface area contributed by atoms with Gasteiger partial charge in [-0.25, -0.2) is 0 Å². The van der Waals surface area contributed by atoms with Crippen molar-refractivity contribution in [2.24, 2.45) is 0 Å². The summed E-state index contributed by atoms with van der Waals surface area (Å²) < 4.78 is 7.14. The Labute approximate surface area is 213 Å². The fraction of sp³-hybridized carbons (Fsp3) is 0.552. The van der Waals surface area contributed by atoms with E-state index < -0.39 is 5.43 Å². The number of methoxy groups -OCH3 is 1. The molecule has 0 unspecified atom stereocenters. The van der Waals surface area contributed by atoms with Crippen molar-refractivity contribution < 1.29 is 14.3 Å². The third-order valence-corrected chi connectivity index (χ3v) is 7.60. The van der Waals surface area contributed by atoms with E-state index in [0.717, 1.165) is 62.7 Å². The minimum atomic E-state index is -0.478. The molecule has 0 radical (unpaired) electrons. The molecule has 2 amide bonds. The number of aromatic nitrogens is 1. The van der Waals surface area contributed by atoms with Crippen LogP contribution in [-0.2, 0) is 6.54 Å². The van der Waals surface area contributed by atoms with E-state index in [2.05, 4.69) is 12.2 Å². The van der Waals surface area contributed by atoms with Crippen molar-refractivity contribution in [1.29, 1.82) is 0 Å². The summed E-state index contributed by atoms with van der Waals surface area (Å²) in [5, 5.41) is 3.09. The van der Waals surface area contributed by atoms with Gasteiger partial charge in [-0.2, -0.15) is 0 Å².